The number of benzene rings is 2. The third kappa shape index (κ3) is 4.83. The molecular formula is C22H24N4O4. The number of amides is 2. The summed E-state index contributed by atoms with van der Waals surface area (Å²) in [6.07, 6.45) is -0.0625. The van der Waals surface area contributed by atoms with Crippen LogP contribution in [0.15, 0.2) is 53.3 Å². The van der Waals surface area contributed by atoms with E-state index in [-0.39, 0.29) is 29.7 Å². The van der Waals surface area contributed by atoms with Crippen molar-refractivity contribution in [1.29, 1.82) is 0 Å². The number of rotatable bonds is 7. The minimum atomic E-state index is -0.738. The van der Waals surface area contributed by atoms with Crippen LogP contribution in [0.2, 0.25) is 0 Å². The zero-order valence-electron chi connectivity index (χ0n) is 17.1. The lowest BCUT2D eigenvalue weighted by molar-refractivity contribution is -0.127. The van der Waals surface area contributed by atoms with Gasteiger partial charge in [-0.15, -0.1) is 0 Å². The van der Waals surface area contributed by atoms with Gasteiger partial charge in [0.2, 0.25) is 11.8 Å². The molecule has 2 aromatic carbocycles. The van der Waals surface area contributed by atoms with Crippen LogP contribution in [0, 0.1) is 5.92 Å². The van der Waals surface area contributed by atoms with Gasteiger partial charge < -0.3 is 15.4 Å². The van der Waals surface area contributed by atoms with Crippen molar-refractivity contribution < 1.29 is 14.3 Å². The van der Waals surface area contributed by atoms with Crippen LogP contribution in [-0.4, -0.2) is 35.2 Å². The van der Waals surface area contributed by atoms with Gasteiger partial charge in [0.1, 0.15) is 11.8 Å². The van der Waals surface area contributed by atoms with Crippen molar-refractivity contribution >= 4 is 28.3 Å². The third-order valence-electron chi connectivity index (χ3n) is 4.71. The third-order valence-corrected chi connectivity index (χ3v) is 4.71. The molecule has 156 valence electrons. The van der Waals surface area contributed by atoms with Gasteiger partial charge in [0.25, 0.3) is 5.56 Å². The molecule has 0 spiro atoms. The lowest BCUT2D eigenvalue weighted by atomic mass is 10.0. The van der Waals surface area contributed by atoms with Crippen LogP contribution in [0.3, 0.4) is 0 Å². The highest BCUT2D eigenvalue weighted by Crippen LogP contribution is 2.18. The Labute approximate surface area is 173 Å². The summed E-state index contributed by atoms with van der Waals surface area (Å²) in [6.45, 7) is 3.70. The van der Waals surface area contributed by atoms with Crippen LogP contribution >= 0.6 is 0 Å². The Morgan fingerprint density at radius 2 is 1.83 bits per heavy atom. The Balaban J connectivity index is 1.73. The number of carbonyl (C=O) groups is 2. The maximum atomic E-state index is 12.8. The molecule has 3 rings (SSSR count). The molecule has 3 aromatic rings. The van der Waals surface area contributed by atoms with Gasteiger partial charge in [-0.05, 0) is 24.1 Å². The number of anilines is 1. The number of methoxy groups -OCH3 is 1. The normalized spacial score (nSPS) is 11.9. The number of carbonyl (C=O) groups excluding carboxylic acids is 2. The number of hydrogen-bond donors (Lipinski definition) is 3. The second kappa shape index (κ2) is 9.21. The van der Waals surface area contributed by atoms with Crippen molar-refractivity contribution in [2.75, 3.05) is 12.4 Å². The van der Waals surface area contributed by atoms with Crippen molar-refractivity contribution in [2.45, 2.75) is 26.3 Å². The molecule has 1 unspecified atom stereocenters. The van der Waals surface area contributed by atoms with Crippen molar-refractivity contribution in [3.63, 3.8) is 0 Å². The van der Waals surface area contributed by atoms with Gasteiger partial charge in [-0.3, -0.25) is 14.4 Å². The van der Waals surface area contributed by atoms with E-state index in [1.165, 1.54) is 0 Å². The molecule has 0 saturated carbocycles. The van der Waals surface area contributed by atoms with E-state index in [1.807, 2.05) is 13.8 Å². The highest BCUT2D eigenvalue weighted by atomic mass is 16.5. The van der Waals surface area contributed by atoms with E-state index >= 15 is 0 Å². The zero-order chi connectivity index (χ0) is 21.7. The molecule has 3 N–H and O–H groups in total. The van der Waals surface area contributed by atoms with Gasteiger partial charge in [0.05, 0.1) is 24.6 Å². The molecule has 1 atom stereocenters. The quantitative estimate of drug-likeness (QED) is 0.555. The Hall–Kier alpha value is -3.68. The summed E-state index contributed by atoms with van der Waals surface area (Å²) in [7, 11) is 1.55. The van der Waals surface area contributed by atoms with Gasteiger partial charge in [0.15, 0.2) is 0 Å². The molecular weight excluding hydrogens is 384 g/mol. The number of aromatic nitrogens is 2. The average molecular weight is 408 g/mol. The number of nitrogens with zero attached hydrogens (tertiary/aromatic N) is 1. The van der Waals surface area contributed by atoms with E-state index < -0.39 is 6.04 Å². The molecule has 0 aliphatic heterocycles. The largest absolute Gasteiger partial charge is 0.497 e. The Morgan fingerprint density at radius 1 is 1.10 bits per heavy atom. The molecule has 0 aliphatic carbocycles. The van der Waals surface area contributed by atoms with Crippen molar-refractivity contribution in [3.05, 3.63) is 64.6 Å². The minimum Gasteiger partial charge on any atom is -0.497 e. The van der Waals surface area contributed by atoms with E-state index in [0.29, 0.717) is 27.9 Å². The Kier molecular flexibility index (Phi) is 6.46. The summed E-state index contributed by atoms with van der Waals surface area (Å²) in [4.78, 5) is 37.4. The maximum absolute atomic E-state index is 12.8. The number of hydrogen-bond acceptors (Lipinski definition) is 5. The average Bonchev–Trinajstić information content (AvgIpc) is 2.74. The molecule has 0 fully saturated rings. The van der Waals surface area contributed by atoms with E-state index in [2.05, 4.69) is 20.8 Å². The number of aromatic amines is 1. The van der Waals surface area contributed by atoms with E-state index in [1.54, 1.807) is 55.6 Å². The predicted molar refractivity (Wildman–Crippen MR) is 114 cm³/mol. The molecule has 1 aromatic heterocycles. The summed E-state index contributed by atoms with van der Waals surface area (Å²) in [6, 6.07) is 13.2. The van der Waals surface area contributed by atoms with Gasteiger partial charge in [-0.1, -0.05) is 38.1 Å². The number of nitrogens with one attached hydrogen (secondary N) is 3. The van der Waals surface area contributed by atoms with Crippen molar-refractivity contribution in [1.82, 2.24) is 15.5 Å². The van der Waals surface area contributed by atoms with Crippen LogP contribution in [0.1, 0.15) is 19.5 Å². The first-order valence-corrected chi connectivity index (χ1v) is 9.59. The Morgan fingerprint density at radius 3 is 2.53 bits per heavy atom. The first kappa shape index (κ1) is 21.0. The summed E-state index contributed by atoms with van der Waals surface area (Å²) in [5, 5.41) is 13.1. The smallest absolute Gasteiger partial charge is 0.272 e. The van der Waals surface area contributed by atoms with E-state index in [0.717, 1.165) is 0 Å². The van der Waals surface area contributed by atoms with Gasteiger partial charge in [-0.2, -0.15) is 5.10 Å². The van der Waals surface area contributed by atoms with Crippen LogP contribution in [0.5, 0.6) is 5.75 Å². The fourth-order valence-electron chi connectivity index (χ4n) is 3.14. The topological polar surface area (TPSA) is 113 Å². The second-order valence-electron chi connectivity index (χ2n) is 7.23. The number of ether oxygens (including phenoxy) is 1. The number of fused-ring (bicyclic) bond motifs is 1. The highest BCUT2D eigenvalue weighted by Gasteiger charge is 2.25. The first-order valence-electron chi connectivity index (χ1n) is 9.59. The molecule has 0 saturated heterocycles. The van der Waals surface area contributed by atoms with E-state index in [4.69, 9.17) is 4.74 Å². The van der Waals surface area contributed by atoms with Crippen LogP contribution < -0.4 is 20.9 Å². The molecule has 30 heavy (non-hydrogen) atoms. The molecule has 2 amide bonds. The van der Waals surface area contributed by atoms with Crippen LogP contribution in [0.4, 0.5) is 5.69 Å². The first-order chi connectivity index (χ1) is 14.4. The monoisotopic (exact) mass is 408 g/mol. The van der Waals surface area contributed by atoms with Gasteiger partial charge in [-0.25, -0.2) is 5.10 Å². The molecule has 0 bridgehead atoms. The predicted octanol–water partition coefficient (Wildman–Crippen LogP) is 2.25. The summed E-state index contributed by atoms with van der Waals surface area (Å²) in [5.74, 6) is -0.209. The lowest BCUT2D eigenvalue weighted by Crippen LogP contribution is -2.47. The molecule has 0 radical (unpaired) electrons. The molecule has 8 heteroatoms. The molecule has 0 aliphatic rings. The zero-order valence-corrected chi connectivity index (χ0v) is 17.1. The summed E-state index contributed by atoms with van der Waals surface area (Å²) < 4.78 is 5.17. The summed E-state index contributed by atoms with van der Waals surface area (Å²) in [5.41, 5.74) is 0.707. The van der Waals surface area contributed by atoms with Crippen LogP contribution in [-0.2, 0) is 16.0 Å². The Bertz CT molecular complexity index is 1120. The molecule has 8 nitrogen and oxygen atoms in total. The van der Waals surface area contributed by atoms with Crippen LogP contribution in [0.25, 0.3) is 10.8 Å². The van der Waals surface area contributed by atoms with Gasteiger partial charge in [0, 0.05) is 17.1 Å². The van der Waals surface area contributed by atoms with E-state index in [9.17, 15) is 14.4 Å². The fourth-order valence-corrected chi connectivity index (χ4v) is 3.14. The standard InChI is InChI=1S/C22H24N4O4/c1-13(2)20(22(29)23-14-7-6-8-15(11-14)30-3)24-19(27)12-18-16-9-4-5-10-17(16)21(28)26-25-18/h4-11,13,20H,12H2,1-3H3,(H,23,29)(H,24,27)(H,26,28). The van der Waals surface area contributed by atoms with Crippen molar-refractivity contribution in [2.24, 2.45) is 5.92 Å². The fraction of sp³-hybridized carbons (Fsp3) is 0.273. The highest BCUT2D eigenvalue weighted by molar-refractivity contribution is 5.98. The van der Waals surface area contributed by atoms with Gasteiger partial charge >= 0.3 is 0 Å². The maximum Gasteiger partial charge on any atom is 0.272 e. The minimum absolute atomic E-state index is 0.0625. The summed E-state index contributed by atoms with van der Waals surface area (Å²) >= 11 is 0. The lowest BCUT2D eigenvalue weighted by Gasteiger charge is -2.22. The van der Waals surface area contributed by atoms with Crippen molar-refractivity contribution in [3.8, 4) is 5.75 Å². The SMILES string of the molecule is COc1cccc(NC(=O)C(NC(=O)Cc2n[nH]c(=O)c3ccccc23)C(C)C)c1. The number of H-pyrrole nitrogens is 1. The second-order valence-corrected chi connectivity index (χ2v) is 7.23. The molecule has 1 heterocycles.